The quantitative estimate of drug-likeness (QED) is 0.827. The largest absolute Gasteiger partial charge is 0.337 e. The Labute approximate surface area is 95.8 Å². The van der Waals surface area contributed by atoms with Crippen molar-refractivity contribution in [2.75, 3.05) is 11.5 Å². The molecular formula is C10H17N3O2S. The Morgan fingerprint density at radius 3 is 2.88 bits per heavy atom. The van der Waals surface area contributed by atoms with Crippen molar-refractivity contribution >= 4 is 9.84 Å². The molecule has 2 heterocycles. The van der Waals surface area contributed by atoms with Gasteiger partial charge in [0.2, 0.25) is 0 Å². The first-order chi connectivity index (χ1) is 7.48. The number of nitrogens with one attached hydrogen (secondary N) is 1. The molecule has 2 rings (SSSR count). The lowest BCUT2D eigenvalue weighted by atomic mass is 10.2. The summed E-state index contributed by atoms with van der Waals surface area (Å²) in [6, 6.07) is 0.148. The summed E-state index contributed by atoms with van der Waals surface area (Å²) >= 11 is 0. The molecule has 0 aromatic carbocycles. The molecule has 0 aliphatic carbocycles. The first-order valence-electron chi connectivity index (χ1n) is 5.41. The third-order valence-electron chi connectivity index (χ3n) is 2.96. The normalized spacial score (nSPS) is 25.8. The van der Waals surface area contributed by atoms with E-state index in [2.05, 4.69) is 10.3 Å². The van der Waals surface area contributed by atoms with Gasteiger partial charge in [0.25, 0.3) is 0 Å². The van der Waals surface area contributed by atoms with Crippen LogP contribution in [-0.4, -0.2) is 35.5 Å². The molecule has 0 amide bonds. The van der Waals surface area contributed by atoms with Crippen LogP contribution in [0.4, 0.5) is 0 Å². The molecule has 1 fully saturated rings. The van der Waals surface area contributed by atoms with Crippen molar-refractivity contribution in [1.82, 2.24) is 14.9 Å². The Balaban J connectivity index is 1.99. The van der Waals surface area contributed by atoms with Crippen LogP contribution in [0.1, 0.15) is 25.2 Å². The topological polar surface area (TPSA) is 64.0 Å². The second-order valence-electron chi connectivity index (χ2n) is 4.38. The molecule has 0 spiro atoms. The number of hydrogen-bond donors (Lipinski definition) is 1. The Kier molecular flexibility index (Phi) is 3.03. The van der Waals surface area contributed by atoms with E-state index in [0.29, 0.717) is 12.2 Å². The van der Waals surface area contributed by atoms with E-state index in [1.54, 1.807) is 6.20 Å². The molecule has 5 nitrogen and oxygen atoms in total. The van der Waals surface area contributed by atoms with Crippen molar-refractivity contribution in [3.63, 3.8) is 0 Å². The standard InChI is InChI=1S/C10H17N3O2S/c1-8(10-11-4-5-13(10)2)12-9-3-6-16(14,15)7-9/h4-5,8-9,12H,3,6-7H2,1-2H3. The molecule has 0 bridgehead atoms. The number of imidazole rings is 1. The molecule has 1 aliphatic heterocycles. The average Bonchev–Trinajstić information content (AvgIpc) is 2.72. The summed E-state index contributed by atoms with van der Waals surface area (Å²) in [5.41, 5.74) is 0. The lowest BCUT2D eigenvalue weighted by Crippen LogP contribution is -2.33. The lowest BCUT2D eigenvalue weighted by Gasteiger charge is -2.17. The summed E-state index contributed by atoms with van der Waals surface area (Å²) in [6.45, 7) is 2.01. The van der Waals surface area contributed by atoms with Gasteiger partial charge in [0, 0.05) is 25.5 Å². The van der Waals surface area contributed by atoms with Crippen LogP contribution in [-0.2, 0) is 16.9 Å². The molecule has 1 saturated heterocycles. The van der Waals surface area contributed by atoms with Gasteiger partial charge in [-0.25, -0.2) is 13.4 Å². The Hall–Kier alpha value is -0.880. The number of sulfone groups is 1. The van der Waals surface area contributed by atoms with Crippen molar-refractivity contribution in [2.45, 2.75) is 25.4 Å². The number of rotatable bonds is 3. The molecule has 2 unspecified atom stereocenters. The maximum Gasteiger partial charge on any atom is 0.151 e. The molecule has 2 atom stereocenters. The highest BCUT2D eigenvalue weighted by molar-refractivity contribution is 7.91. The van der Waals surface area contributed by atoms with Gasteiger partial charge in [0.1, 0.15) is 5.82 Å². The minimum Gasteiger partial charge on any atom is -0.337 e. The number of nitrogens with zero attached hydrogens (tertiary/aromatic N) is 2. The fourth-order valence-corrected chi connectivity index (χ4v) is 3.84. The molecule has 16 heavy (non-hydrogen) atoms. The predicted octanol–water partition coefficient (Wildman–Crippen LogP) is 0.258. The summed E-state index contributed by atoms with van der Waals surface area (Å²) in [6.07, 6.45) is 4.34. The zero-order chi connectivity index (χ0) is 11.8. The van der Waals surface area contributed by atoms with Crippen molar-refractivity contribution in [3.05, 3.63) is 18.2 Å². The fraction of sp³-hybridized carbons (Fsp3) is 0.700. The van der Waals surface area contributed by atoms with Crippen molar-refractivity contribution in [3.8, 4) is 0 Å². The number of hydrogen-bond acceptors (Lipinski definition) is 4. The third-order valence-corrected chi connectivity index (χ3v) is 4.73. The SMILES string of the molecule is CC(NC1CCS(=O)(=O)C1)c1nccn1C. The summed E-state index contributed by atoms with van der Waals surface area (Å²) in [5, 5.41) is 3.32. The summed E-state index contributed by atoms with van der Waals surface area (Å²) in [4.78, 5) is 4.25. The monoisotopic (exact) mass is 243 g/mol. The maximum atomic E-state index is 11.3. The van der Waals surface area contributed by atoms with Gasteiger partial charge in [0.15, 0.2) is 9.84 Å². The number of aromatic nitrogens is 2. The van der Waals surface area contributed by atoms with Gasteiger partial charge in [-0.3, -0.25) is 0 Å². The molecule has 6 heteroatoms. The third kappa shape index (κ3) is 2.44. The number of aryl methyl sites for hydroxylation is 1. The smallest absolute Gasteiger partial charge is 0.151 e. The van der Waals surface area contributed by atoms with E-state index in [4.69, 9.17) is 0 Å². The van der Waals surface area contributed by atoms with Crippen LogP contribution < -0.4 is 5.32 Å². The van der Waals surface area contributed by atoms with Crippen LogP contribution in [0.15, 0.2) is 12.4 Å². The highest BCUT2D eigenvalue weighted by atomic mass is 32.2. The maximum absolute atomic E-state index is 11.3. The molecule has 1 aromatic heterocycles. The molecule has 0 radical (unpaired) electrons. The van der Waals surface area contributed by atoms with Crippen LogP contribution >= 0.6 is 0 Å². The zero-order valence-electron chi connectivity index (χ0n) is 9.55. The van der Waals surface area contributed by atoms with Crippen LogP contribution in [0.25, 0.3) is 0 Å². The summed E-state index contributed by atoms with van der Waals surface area (Å²) < 4.78 is 24.6. The Morgan fingerprint density at radius 2 is 2.38 bits per heavy atom. The van der Waals surface area contributed by atoms with Gasteiger partial charge in [-0.1, -0.05) is 0 Å². The Bertz CT molecular complexity index is 466. The highest BCUT2D eigenvalue weighted by Crippen LogP contribution is 2.16. The van der Waals surface area contributed by atoms with Crippen LogP contribution in [0.2, 0.25) is 0 Å². The minimum absolute atomic E-state index is 0.0664. The van der Waals surface area contributed by atoms with Gasteiger partial charge in [-0.2, -0.15) is 0 Å². The molecule has 1 aliphatic rings. The molecule has 1 N–H and O–H groups in total. The zero-order valence-corrected chi connectivity index (χ0v) is 10.4. The van der Waals surface area contributed by atoms with Gasteiger partial charge in [-0.15, -0.1) is 0 Å². The van der Waals surface area contributed by atoms with E-state index in [9.17, 15) is 8.42 Å². The second-order valence-corrected chi connectivity index (χ2v) is 6.61. The highest BCUT2D eigenvalue weighted by Gasteiger charge is 2.29. The van der Waals surface area contributed by atoms with Crippen molar-refractivity contribution in [1.29, 1.82) is 0 Å². The summed E-state index contributed by atoms with van der Waals surface area (Å²) in [5.74, 6) is 1.49. The average molecular weight is 243 g/mol. The van der Waals surface area contributed by atoms with E-state index >= 15 is 0 Å². The van der Waals surface area contributed by atoms with Gasteiger partial charge >= 0.3 is 0 Å². The summed E-state index contributed by atoms with van der Waals surface area (Å²) in [7, 11) is -0.873. The Morgan fingerprint density at radius 1 is 1.62 bits per heavy atom. The first-order valence-corrected chi connectivity index (χ1v) is 7.24. The van der Waals surface area contributed by atoms with E-state index < -0.39 is 9.84 Å². The van der Waals surface area contributed by atoms with E-state index in [0.717, 1.165) is 5.82 Å². The molecule has 90 valence electrons. The van der Waals surface area contributed by atoms with E-state index in [-0.39, 0.29) is 17.8 Å². The van der Waals surface area contributed by atoms with Crippen LogP contribution in [0, 0.1) is 0 Å². The molecular weight excluding hydrogens is 226 g/mol. The van der Waals surface area contributed by atoms with Crippen LogP contribution in [0.3, 0.4) is 0 Å². The predicted molar refractivity (Wildman–Crippen MR) is 61.8 cm³/mol. The fourth-order valence-electron chi connectivity index (χ4n) is 2.15. The van der Waals surface area contributed by atoms with Gasteiger partial charge in [0.05, 0.1) is 17.5 Å². The van der Waals surface area contributed by atoms with Gasteiger partial charge in [-0.05, 0) is 13.3 Å². The first kappa shape index (κ1) is 11.6. The lowest BCUT2D eigenvalue weighted by molar-refractivity contribution is 0.460. The van der Waals surface area contributed by atoms with E-state index in [1.165, 1.54) is 0 Å². The minimum atomic E-state index is -2.81. The van der Waals surface area contributed by atoms with E-state index in [1.807, 2.05) is 24.7 Å². The molecule has 0 saturated carbocycles. The van der Waals surface area contributed by atoms with Crippen molar-refractivity contribution in [2.24, 2.45) is 7.05 Å². The second kappa shape index (κ2) is 4.18. The molecule has 1 aromatic rings. The van der Waals surface area contributed by atoms with Crippen LogP contribution in [0.5, 0.6) is 0 Å². The van der Waals surface area contributed by atoms with Crippen molar-refractivity contribution < 1.29 is 8.42 Å². The van der Waals surface area contributed by atoms with Gasteiger partial charge < -0.3 is 9.88 Å².